The van der Waals surface area contributed by atoms with Crippen molar-refractivity contribution in [3.05, 3.63) is 63.6 Å². The summed E-state index contributed by atoms with van der Waals surface area (Å²) in [6.45, 7) is 2.91. The Labute approximate surface area is 161 Å². The largest absolute Gasteiger partial charge is 0.423 e. The van der Waals surface area contributed by atoms with E-state index in [-0.39, 0.29) is 5.56 Å². The molecule has 3 rings (SSSR count). The minimum Gasteiger partial charge on any atom is -0.423 e. The lowest BCUT2D eigenvalue weighted by Crippen LogP contribution is -2.40. The first-order valence-electron chi connectivity index (χ1n) is 7.69. The Morgan fingerprint density at radius 2 is 1.76 bits per heavy atom. The van der Waals surface area contributed by atoms with Crippen LogP contribution in [0.15, 0.2) is 42.5 Å². The molecule has 0 aromatic heterocycles. The maximum absolute atomic E-state index is 12.2. The zero-order valence-electron chi connectivity index (χ0n) is 13.2. The molecule has 1 fully saturated rings. The van der Waals surface area contributed by atoms with Gasteiger partial charge in [-0.25, -0.2) is 4.79 Å². The fourth-order valence-corrected chi connectivity index (χ4v) is 3.12. The van der Waals surface area contributed by atoms with E-state index in [0.717, 1.165) is 23.6 Å². The first kappa shape index (κ1) is 18.1. The molecule has 7 heteroatoms. The van der Waals surface area contributed by atoms with Crippen LogP contribution in [0.25, 0.3) is 0 Å². The van der Waals surface area contributed by atoms with E-state index in [4.69, 9.17) is 44.9 Å². The van der Waals surface area contributed by atoms with Crippen LogP contribution in [0, 0.1) is 0 Å². The average molecular weight is 396 g/mol. The monoisotopic (exact) mass is 395 g/mol. The van der Waals surface area contributed by atoms with Gasteiger partial charge in [-0.1, -0.05) is 35.4 Å². The number of esters is 1. The number of nitrogens with zero attached hydrogens (tertiary/aromatic N) is 1. The Kier molecular flexibility index (Phi) is 5.91. The standard InChI is InChI=1S/C18H15Cl2NO3S/c19-13-3-6-16(20)15(11-13)18(22)24-14-4-1-12(2-5-14)17(25)21-7-9-23-10-8-21/h1-6,11H,7-10H2. The summed E-state index contributed by atoms with van der Waals surface area (Å²) in [7, 11) is 0. The summed E-state index contributed by atoms with van der Waals surface area (Å²) in [5.41, 5.74) is 1.12. The van der Waals surface area contributed by atoms with Crippen molar-refractivity contribution in [3.63, 3.8) is 0 Å². The summed E-state index contributed by atoms with van der Waals surface area (Å²) >= 11 is 17.4. The molecule has 0 N–H and O–H groups in total. The van der Waals surface area contributed by atoms with Crippen LogP contribution in [0.5, 0.6) is 5.75 Å². The normalized spacial score (nSPS) is 14.2. The van der Waals surface area contributed by atoms with Crippen LogP contribution in [0.1, 0.15) is 15.9 Å². The molecule has 130 valence electrons. The molecule has 0 atom stereocenters. The Balaban J connectivity index is 1.69. The van der Waals surface area contributed by atoms with E-state index in [2.05, 4.69) is 4.90 Å². The highest BCUT2D eigenvalue weighted by Crippen LogP contribution is 2.23. The van der Waals surface area contributed by atoms with Crippen molar-refractivity contribution in [2.75, 3.05) is 26.3 Å². The minimum absolute atomic E-state index is 0.224. The molecule has 0 bridgehead atoms. The second-order valence-electron chi connectivity index (χ2n) is 5.44. The first-order chi connectivity index (χ1) is 12.0. The van der Waals surface area contributed by atoms with Crippen molar-refractivity contribution in [3.8, 4) is 5.75 Å². The number of halogens is 2. The number of ether oxygens (including phenoxy) is 2. The zero-order chi connectivity index (χ0) is 17.8. The molecular formula is C18H15Cl2NO3S. The van der Waals surface area contributed by atoms with E-state index in [1.165, 1.54) is 6.07 Å². The van der Waals surface area contributed by atoms with Gasteiger partial charge in [-0.15, -0.1) is 0 Å². The van der Waals surface area contributed by atoms with Gasteiger partial charge in [0.25, 0.3) is 0 Å². The third-order valence-electron chi connectivity index (χ3n) is 3.76. The SMILES string of the molecule is O=C(Oc1ccc(C(=S)N2CCOCC2)cc1)c1cc(Cl)ccc1Cl. The number of hydrogen-bond donors (Lipinski definition) is 0. The molecule has 2 aromatic carbocycles. The third-order valence-corrected chi connectivity index (χ3v) is 4.82. The number of carbonyl (C=O) groups excluding carboxylic acids is 1. The van der Waals surface area contributed by atoms with Crippen LogP contribution < -0.4 is 4.74 Å². The minimum atomic E-state index is -0.559. The van der Waals surface area contributed by atoms with Crippen molar-refractivity contribution >= 4 is 46.4 Å². The van der Waals surface area contributed by atoms with E-state index in [1.807, 2.05) is 12.1 Å². The average Bonchev–Trinajstić information content (AvgIpc) is 2.64. The van der Waals surface area contributed by atoms with Gasteiger partial charge in [0.05, 0.1) is 23.8 Å². The number of benzene rings is 2. The van der Waals surface area contributed by atoms with Crippen molar-refractivity contribution in [1.29, 1.82) is 0 Å². The van der Waals surface area contributed by atoms with Crippen LogP contribution in [-0.2, 0) is 4.74 Å². The van der Waals surface area contributed by atoms with Crippen molar-refractivity contribution in [1.82, 2.24) is 4.90 Å². The molecule has 1 aliphatic rings. The fraction of sp³-hybridized carbons (Fsp3) is 0.222. The number of hydrogen-bond acceptors (Lipinski definition) is 4. The number of morpholine rings is 1. The van der Waals surface area contributed by atoms with E-state index < -0.39 is 5.97 Å². The second-order valence-corrected chi connectivity index (χ2v) is 6.67. The lowest BCUT2D eigenvalue weighted by molar-refractivity contribution is 0.0692. The summed E-state index contributed by atoms with van der Waals surface area (Å²) in [5.74, 6) is -0.148. The Bertz CT molecular complexity index is 789. The molecule has 1 heterocycles. The molecule has 2 aromatic rings. The molecule has 0 radical (unpaired) electrons. The van der Waals surface area contributed by atoms with Gasteiger partial charge in [-0.3, -0.25) is 0 Å². The van der Waals surface area contributed by atoms with Gasteiger partial charge in [0.1, 0.15) is 10.7 Å². The van der Waals surface area contributed by atoms with Gasteiger partial charge in [0.15, 0.2) is 0 Å². The summed E-state index contributed by atoms with van der Waals surface area (Å²) in [5, 5.41) is 0.710. The number of carbonyl (C=O) groups is 1. The molecule has 0 amide bonds. The predicted octanol–water partition coefficient (Wildman–Crippen LogP) is 4.22. The van der Waals surface area contributed by atoms with Gasteiger partial charge in [0, 0.05) is 23.7 Å². The first-order valence-corrected chi connectivity index (χ1v) is 8.85. The summed E-state index contributed by atoms with van der Waals surface area (Å²) < 4.78 is 10.7. The molecule has 0 saturated carbocycles. The smallest absolute Gasteiger partial charge is 0.345 e. The van der Waals surface area contributed by atoms with Crippen molar-refractivity contribution < 1.29 is 14.3 Å². The highest BCUT2D eigenvalue weighted by atomic mass is 35.5. The molecule has 0 aliphatic carbocycles. The highest BCUT2D eigenvalue weighted by Gasteiger charge is 2.16. The van der Waals surface area contributed by atoms with Gasteiger partial charge in [0.2, 0.25) is 0 Å². The summed E-state index contributed by atoms with van der Waals surface area (Å²) in [4.78, 5) is 15.1. The zero-order valence-corrected chi connectivity index (χ0v) is 15.5. The van der Waals surface area contributed by atoms with Crippen LogP contribution >= 0.6 is 35.4 Å². The van der Waals surface area contributed by atoms with Gasteiger partial charge in [-0.2, -0.15) is 0 Å². The fourth-order valence-electron chi connectivity index (χ4n) is 2.43. The van der Waals surface area contributed by atoms with Crippen LogP contribution in [0.3, 0.4) is 0 Å². The lowest BCUT2D eigenvalue weighted by Gasteiger charge is -2.29. The molecule has 1 aliphatic heterocycles. The van der Waals surface area contributed by atoms with E-state index in [9.17, 15) is 4.79 Å². The van der Waals surface area contributed by atoms with Crippen LogP contribution in [0.2, 0.25) is 10.0 Å². The van der Waals surface area contributed by atoms with E-state index >= 15 is 0 Å². The molecule has 1 saturated heterocycles. The molecule has 25 heavy (non-hydrogen) atoms. The van der Waals surface area contributed by atoms with Crippen molar-refractivity contribution in [2.45, 2.75) is 0 Å². The van der Waals surface area contributed by atoms with E-state index in [1.54, 1.807) is 24.3 Å². The Morgan fingerprint density at radius 3 is 2.44 bits per heavy atom. The third kappa shape index (κ3) is 4.50. The maximum atomic E-state index is 12.2. The summed E-state index contributed by atoms with van der Waals surface area (Å²) in [6, 6.07) is 11.7. The topological polar surface area (TPSA) is 38.8 Å². The Hall–Kier alpha value is -1.66. The lowest BCUT2D eigenvalue weighted by atomic mass is 10.2. The van der Waals surface area contributed by atoms with Gasteiger partial charge >= 0.3 is 5.97 Å². The van der Waals surface area contributed by atoms with Crippen LogP contribution in [0.4, 0.5) is 0 Å². The molecule has 0 unspecified atom stereocenters. The Morgan fingerprint density at radius 1 is 1.08 bits per heavy atom. The number of thiocarbonyl (C=S) groups is 1. The van der Waals surface area contributed by atoms with Crippen LogP contribution in [-0.4, -0.2) is 42.2 Å². The second kappa shape index (κ2) is 8.15. The predicted molar refractivity (Wildman–Crippen MR) is 102 cm³/mol. The molecular weight excluding hydrogens is 381 g/mol. The van der Waals surface area contributed by atoms with Gasteiger partial charge in [-0.05, 0) is 42.5 Å². The quantitative estimate of drug-likeness (QED) is 0.441. The molecule has 0 spiro atoms. The summed E-state index contributed by atoms with van der Waals surface area (Å²) in [6.07, 6.45) is 0. The van der Waals surface area contributed by atoms with E-state index in [0.29, 0.717) is 29.0 Å². The number of rotatable bonds is 3. The maximum Gasteiger partial charge on any atom is 0.345 e. The molecule has 4 nitrogen and oxygen atoms in total. The van der Waals surface area contributed by atoms with Crippen molar-refractivity contribution in [2.24, 2.45) is 0 Å². The highest BCUT2D eigenvalue weighted by molar-refractivity contribution is 7.80. The van der Waals surface area contributed by atoms with Gasteiger partial charge < -0.3 is 14.4 Å².